The van der Waals surface area contributed by atoms with Crippen LogP contribution in [0.25, 0.3) is 0 Å². The fraction of sp³-hybridized carbons (Fsp3) is 0.200. The third-order valence-electron chi connectivity index (χ3n) is 4.43. The molecule has 5 heteroatoms. The molecular weight excluding hydrogens is 378 g/mol. The molecule has 0 aromatic heterocycles. The van der Waals surface area contributed by atoms with E-state index >= 15 is 0 Å². The molecule has 0 aliphatic carbocycles. The highest BCUT2D eigenvalue weighted by molar-refractivity contribution is 5.77. The number of hydrogen-bond acceptors (Lipinski definition) is 4. The average Bonchev–Trinajstić information content (AvgIpc) is 2.76. The first-order valence-corrected chi connectivity index (χ1v) is 9.88. The summed E-state index contributed by atoms with van der Waals surface area (Å²) in [7, 11) is 0. The summed E-state index contributed by atoms with van der Waals surface area (Å²) >= 11 is 0. The first kappa shape index (κ1) is 21.1. The van der Waals surface area contributed by atoms with Gasteiger partial charge < -0.3 is 19.6 Å². The normalized spacial score (nSPS) is 10.3. The maximum atomic E-state index is 12.1. The molecule has 1 N–H and O–H groups in total. The van der Waals surface area contributed by atoms with E-state index in [1.165, 1.54) is 0 Å². The third-order valence-corrected chi connectivity index (χ3v) is 4.43. The van der Waals surface area contributed by atoms with Gasteiger partial charge in [-0.3, -0.25) is 4.79 Å². The van der Waals surface area contributed by atoms with Crippen LogP contribution in [-0.4, -0.2) is 18.3 Å². The molecule has 0 aliphatic heterocycles. The fourth-order valence-corrected chi connectivity index (χ4v) is 2.82. The molecule has 0 fully saturated rings. The highest BCUT2D eigenvalue weighted by atomic mass is 16.5. The Kier molecular flexibility index (Phi) is 7.61. The lowest BCUT2D eigenvalue weighted by Gasteiger charge is -2.10. The number of ketones is 1. The third kappa shape index (κ3) is 7.09. The van der Waals surface area contributed by atoms with E-state index in [4.69, 9.17) is 9.47 Å². The van der Waals surface area contributed by atoms with E-state index in [2.05, 4.69) is 5.32 Å². The number of carbonyl (C=O) groups is 2. The van der Waals surface area contributed by atoms with Crippen LogP contribution in [0.5, 0.6) is 17.2 Å². The fourth-order valence-electron chi connectivity index (χ4n) is 2.82. The molecule has 1 amide bonds. The Morgan fingerprint density at radius 3 is 2.27 bits per heavy atom. The Bertz CT molecular complexity index is 968. The van der Waals surface area contributed by atoms with Crippen molar-refractivity contribution in [3.63, 3.8) is 0 Å². The molecule has 0 bridgehead atoms. The Morgan fingerprint density at radius 2 is 1.53 bits per heavy atom. The van der Waals surface area contributed by atoms with Gasteiger partial charge in [0.25, 0.3) is 5.91 Å². The summed E-state index contributed by atoms with van der Waals surface area (Å²) in [4.78, 5) is 23.2. The molecule has 3 rings (SSSR count). The zero-order chi connectivity index (χ0) is 21.2. The van der Waals surface area contributed by atoms with Crippen LogP contribution < -0.4 is 14.8 Å². The number of Topliss-reactive ketones (excluding diaryl/α,β-unsaturated/α-hetero) is 1. The smallest absolute Gasteiger partial charge is 0.258 e. The van der Waals surface area contributed by atoms with E-state index in [0.717, 1.165) is 16.9 Å². The van der Waals surface area contributed by atoms with E-state index in [1.807, 2.05) is 78.9 Å². The number of hydrogen-bond donors (Lipinski definition) is 1. The number of nitrogens with one attached hydrogen (secondary N) is 1. The number of amides is 1. The SMILES string of the molecule is CC(=O)CCc1ccc(OCC(=O)NCc2cccc(Oc3ccccc3)c2)cc1. The first-order chi connectivity index (χ1) is 14.6. The second-order valence-electron chi connectivity index (χ2n) is 6.97. The predicted octanol–water partition coefficient (Wildman–Crippen LogP) is 4.70. The second-order valence-corrected chi connectivity index (χ2v) is 6.97. The molecule has 30 heavy (non-hydrogen) atoms. The number of ether oxygens (including phenoxy) is 2. The molecule has 3 aromatic carbocycles. The van der Waals surface area contributed by atoms with Gasteiger partial charge in [-0.2, -0.15) is 0 Å². The lowest BCUT2D eigenvalue weighted by molar-refractivity contribution is -0.123. The zero-order valence-electron chi connectivity index (χ0n) is 17.0. The van der Waals surface area contributed by atoms with Gasteiger partial charge in [-0.05, 0) is 60.9 Å². The first-order valence-electron chi connectivity index (χ1n) is 9.88. The summed E-state index contributed by atoms with van der Waals surface area (Å²) < 4.78 is 11.4. The lowest BCUT2D eigenvalue weighted by atomic mass is 10.1. The van der Waals surface area contributed by atoms with Crippen LogP contribution in [0.2, 0.25) is 0 Å². The van der Waals surface area contributed by atoms with Crippen LogP contribution in [0.4, 0.5) is 0 Å². The Hall–Kier alpha value is -3.60. The van der Waals surface area contributed by atoms with Gasteiger partial charge in [0, 0.05) is 13.0 Å². The Labute approximate surface area is 176 Å². The van der Waals surface area contributed by atoms with E-state index in [-0.39, 0.29) is 18.3 Å². The molecule has 0 spiro atoms. The van der Waals surface area contributed by atoms with Crippen molar-refractivity contribution in [2.75, 3.05) is 6.61 Å². The highest BCUT2D eigenvalue weighted by Gasteiger charge is 2.05. The van der Waals surface area contributed by atoms with Crippen molar-refractivity contribution in [1.29, 1.82) is 0 Å². The van der Waals surface area contributed by atoms with Crippen molar-refractivity contribution in [1.82, 2.24) is 5.32 Å². The lowest BCUT2D eigenvalue weighted by Crippen LogP contribution is -2.28. The van der Waals surface area contributed by atoms with Crippen molar-refractivity contribution in [2.24, 2.45) is 0 Å². The van der Waals surface area contributed by atoms with Crippen LogP contribution >= 0.6 is 0 Å². The van der Waals surface area contributed by atoms with Crippen molar-refractivity contribution >= 4 is 11.7 Å². The van der Waals surface area contributed by atoms with Crippen molar-refractivity contribution < 1.29 is 19.1 Å². The van der Waals surface area contributed by atoms with Gasteiger partial charge in [-0.15, -0.1) is 0 Å². The van der Waals surface area contributed by atoms with Gasteiger partial charge >= 0.3 is 0 Å². The molecule has 0 atom stereocenters. The predicted molar refractivity (Wildman–Crippen MR) is 116 cm³/mol. The topological polar surface area (TPSA) is 64.6 Å². The number of benzene rings is 3. The molecule has 0 saturated carbocycles. The molecule has 0 heterocycles. The minimum absolute atomic E-state index is 0.0625. The maximum Gasteiger partial charge on any atom is 0.258 e. The van der Waals surface area contributed by atoms with Gasteiger partial charge in [0.05, 0.1) is 0 Å². The van der Waals surface area contributed by atoms with Gasteiger partial charge in [-0.1, -0.05) is 42.5 Å². The van der Waals surface area contributed by atoms with Crippen LogP contribution in [0.3, 0.4) is 0 Å². The Morgan fingerprint density at radius 1 is 0.800 bits per heavy atom. The van der Waals surface area contributed by atoms with Crippen molar-refractivity contribution in [2.45, 2.75) is 26.3 Å². The van der Waals surface area contributed by atoms with Crippen LogP contribution in [0, 0.1) is 0 Å². The van der Waals surface area contributed by atoms with Crippen LogP contribution in [-0.2, 0) is 22.6 Å². The quantitative estimate of drug-likeness (QED) is 0.533. The maximum absolute atomic E-state index is 12.1. The molecule has 0 saturated heterocycles. The minimum Gasteiger partial charge on any atom is -0.484 e. The highest BCUT2D eigenvalue weighted by Crippen LogP contribution is 2.21. The summed E-state index contributed by atoms with van der Waals surface area (Å²) in [6, 6.07) is 24.6. The monoisotopic (exact) mass is 403 g/mol. The number of rotatable bonds is 10. The van der Waals surface area contributed by atoms with Crippen molar-refractivity contribution in [3.8, 4) is 17.2 Å². The number of carbonyl (C=O) groups excluding carboxylic acids is 2. The molecule has 0 radical (unpaired) electrons. The average molecular weight is 403 g/mol. The summed E-state index contributed by atoms with van der Waals surface area (Å²) in [5.41, 5.74) is 2.01. The summed E-state index contributed by atoms with van der Waals surface area (Å²) in [6.45, 7) is 1.91. The van der Waals surface area contributed by atoms with Gasteiger partial charge in [0.15, 0.2) is 6.61 Å². The molecular formula is C25H25NO4. The molecule has 154 valence electrons. The summed E-state index contributed by atoms with van der Waals surface area (Å²) in [5.74, 6) is 2.07. The zero-order valence-corrected chi connectivity index (χ0v) is 17.0. The largest absolute Gasteiger partial charge is 0.484 e. The van der Waals surface area contributed by atoms with Crippen LogP contribution in [0.15, 0.2) is 78.9 Å². The van der Waals surface area contributed by atoms with E-state index in [1.54, 1.807) is 6.92 Å². The van der Waals surface area contributed by atoms with Gasteiger partial charge in [0.2, 0.25) is 0 Å². The van der Waals surface area contributed by atoms with Crippen molar-refractivity contribution in [3.05, 3.63) is 90.0 Å². The molecule has 3 aromatic rings. The molecule has 0 aliphatic rings. The van der Waals surface area contributed by atoms with E-state index in [0.29, 0.717) is 30.9 Å². The van der Waals surface area contributed by atoms with Crippen LogP contribution in [0.1, 0.15) is 24.5 Å². The summed E-state index contributed by atoms with van der Waals surface area (Å²) in [5, 5.41) is 2.85. The van der Waals surface area contributed by atoms with Gasteiger partial charge in [0.1, 0.15) is 23.0 Å². The second kappa shape index (κ2) is 10.8. The Balaban J connectivity index is 1.43. The minimum atomic E-state index is -0.204. The van der Waals surface area contributed by atoms with E-state index < -0.39 is 0 Å². The standard InChI is InChI=1S/C25H25NO4/c1-19(27)10-11-20-12-14-22(15-13-20)29-18-25(28)26-17-21-6-5-9-24(16-21)30-23-7-3-2-4-8-23/h2-9,12-16H,10-11,17-18H2,1H3,(H,26,28). The molecule has 0 unspecified atom stereocenters. The molecule has 5 nitrogen and oxygen atoms in total. The number of para-hydroxylation sites is 1. The van der Waals surface area contributed by atoms with Gasteiger partial charge in [-0.25, -0.2) is 0 Å². The van der Waals surface area contributed by atoms with E-state index in [9.17, 15) is 9.59 Å². The number of aryl methyl sites for hydroxylation is 1. The summed E-state index contributed by atoms with van der Waals surface area (Å²) in [6.07, 6.45) is 1.24.